The summed E-state index contributed by atoms with van der Waals surface area (Å²) in [5.41, 5.74) is 2.72. The number of hydrogen-bond donors (Lipinski definition) is 1. The summed E-state index contributed by atoms with van der Waals surface area (Å²) in [5.74, 6) is 0. The van der Waals surface area contributed by atoms with Crippen LogP contribution in [0.1, 0.15) is 31.4 Å². The number of rotatable bonds is 6. The van der Waals surface area contributed by atoms with E-state index in [2.05, 4.69) is 55.6 Å². The minimum atomic E-state index is 1.05. The van der Waals surface area contributed by atoms with E-state index in [1.807, 2.05) is 0 Å². The molecule has 0 aromatic heterocycles. The van der Waals surface area contributed by atoms with Crippen LogP contribution in [-0.4, -0.2) is 13.1 Å². The first-order valence-corrected chi connectivity index (χ1v) is 5.83. The van der Waals surface area contributed by atoms with Crippen molar-refractivity contribution in [2.45, 2.75) is 26.7 Å². The summed E-state index contributed by atoms with van der Waals surface area (Å²) < 4.78 is 0. The molecule has 0 unspecified atom stereocenters. The van der Waals surface area contributed by atoms with Gasteiger partial charge in [-0.2, -0.15) is 0 Å². The van der Waals surface area contributed by atoms with E-state index in [0.29, 0.717) is 0 Å². The van der Waals surface area contributed by atoms with Gasteiger partial charge in [0.2, 0.25) is 0 Å². The molecule has 0 radical (unpaired) electrons. The second-order valence-electron chi connectivity index (χ2n) is 3.64. The Balaban J connectivity index is 2.41. The Hall–Kier alpha value is -1.08. The Bertz CT molecular complexity index is 302. The van der Waals surface area contributed by atoms with E-state index in [1.54, 1.807) is 0 Å². The highest BCUT2D eigenvalue weighted by Crippen LogP contribution is 2.07. The summed E-state index contributed by atoms with van der Waals surface area (Å²) in [6.07, 6.45) is 6.65. The molecule has 0 atom stereocenters. The molecule has 15 heavy (non-hydrogen) atoms. The summed E-state index contributed by atoms with van der Waals surface area (Å²) in [6, 6.07) is 8.71. The van der Waals surface area contributed by atoms with E-state index in [4.69, 9.17) is 0 Å². The fourth-order valence-corrected chi connectivity index (χ4v) is 1.50. The van der Waals surface area contributed by atoms with Crippen LogP contribution in [0.4, 0.5) is 0 Å². The summed E-state index contributed by atoms with van der Waals surface area (Å²) in [7, 11) is 0. The topological polar surface area (TPSA) is 12.0 Å². The second kappa shape index (κ2) is 7.24. The fourth-order valence-electron chi connectivity index (χ4n) is 1.50. The Morgan fingerprint density at radius 2 is 2.13 bits per heavy atom. The normalized spacial score (nSPS) is 11.1. The first-order chi connectivity index (χ1) is 7.36. The molecule has 0 spiro atoms. The molecule has 0 saturated carbocycles. The van der Waals surface area contributed by atoms with Gasteiger partial charge in [-0.3, -0.25) is 0 Å². The van der Waals surface area contributed by atoms with Gasteiger partial charge in [-0.1, -0.05) is 50.3 Å². The van der Waals surface area contributed by atoms with E-state index in [1.165, 1.54) is 11.1 Å². The van der Waals surface area contributed by atoms with Gasteiger partial charge >= 0.3 is 0 Å². The largest absolute Gasteiger partial charge is 0.317 e. The Morgan fingerprint density at radius 3 is 2.87 bits per heavy atom. The van der Waals surface area contributed by atoms with Gasteiger partial charge in [-0.05, 0) is 37.1 Å². The molecule has 0 fully saturated rings. The third-order valence-corrected chi connectivity index (χ3v) is 2.41. The fraction of sp³-hybridized carbons (Fsp3) is 0.429. The Kier molecular flexibility index (Phi) is 5.79. The molecular formula is C14H21N. The zero-order valence-electron chi connectivity index (χ0n) is 9.79. The average molecular weight is 203 g/mol. The molecule has 0 aliphatic rings. The number of benzene rings is 1. The van der Waals surface area contributed by atoms with Crippen LogP contribution in [0, 0.1) is 0 Å². The van der Waals surface area contributed by atoms with Crippen LogP contribution in [0.15, 0.2) is 30.3 Å². The van der Waals surface area contributed by atoms with Crippen LogP contribution in [0.25, 0.3) is 6.08 Å². The van der Waals surface area contributed by atoms with Crippen molar-refractivity contribution >= 4 is 6.08 Å². The zero-order chi connectivity index (χ0) is 10.9. The predicted molar refractivity (Wildman–Crippen MR) is 68.0 cm³/mol. The van der Waals surface area contributed by atoms with Crippen LogP contribution >= 0.6 is 0 Å². The van der Waals surface area contributed by atoms with Crippen molar-refractivity contribution in [1.29, 1.82) is 0 Å². The summed E-state index contributed by atoms with van der Waals surface area (Å²) in [5, 5.41) is 3.31. The van der Waals surface area contributed by atoms with Crippen LogP contribution in [0.3, 0.4) is 0 Å². The maximum Gasteiger partial charge on any atom is -0.00143 e. The maximum atomic E-state index is 3.31. The molecular weight excluding hydrogens is 182 g/mol. The molecule has 1 rings (SSSR count). The molecule has 0 aliphatic heterocycles. The highest BCUT2D eigenvalue weighted by molar-refractivity contribution is 5.50. The number of aryl methyl sites for hydroxylation is 1. The SMILES string of the molecule is CCNCC/C=C/c1cccc(CC)c1. The van der Waals surface area contributed by atoms with Crippen molar-refractivity contribution in [2.75, 3.05) is 13.1 Å². The van der Waals surface area contributed by atoms with Gasteiger partial charge in [0.25, 0.3) is 0 Å². The van der Waals surface area contributed by atoms with Gasteiger partial charge in [0.1, 0.15) is 0 Å². The van der Waals surface area contributed by atoms with Crippen molar-refractivity contribution < 1.29 is 0 Å². The maximum absolute atomic E-state index is 3.31. The third-order valence-electron chi connectivity index (χ3n) is 2.41. The first-order valence-electron chi connectivity index (χ1n) is 5.83. The van der Waals surface area contributed by atoms with Gasteiger partial charge in [0, 0.05) is 0 Å². The number of nitrogens with one attached hydrogen (secondary N) is 1. The molecule has 1 nitrogen and oxygen atoms in total. The van der Waals surface area contributed by atoms with Gasteiger partial charge in [0.05, 0.1) is 0 Å². The lowest BCUT2D eigenvalue weighted by molar-refractivity contribution is 0.727. The molecule has 1 aromatic carbocycles. The summed E-state index contributed by atoms with van der Waals surface area (Å²) >= 11 is 0. The lowest BCUT2D eigenvalue weighted by atomic mass is 10.1. The van der Waals surface area contributed by atoms with Crippen LogP contribution in [0.2, 0.25) is 0 Å². The molecule has 0 amide bonds. The van der Waals surface area contributed by atoms with Gasteiger partial charge in [-0.15, -0.1) is 0 Å². The second-order valence-corrected chi connectivity index (χ2v) is 3.64. The van der Waals surface area contributed by atoms with E-state index in [-0.39, 0.29) is 0 Å². The van der Waals surface area contributed by atoms with E-state index in [9.17, 15) is 0 Å². The van der Waals surface area contributed by atoms with Crippen molar-refractivity contribution in [3.05, 3.63) is 41.5 Å². The lowest BCUT2D eigenvalue weighted by Crippen LogP contribution is -2.12. The van der Waals surface area contributed by atoms with Crippen molar-refractivity contribution in [3.8, 4) is 0 Å². The van der Waals surface area contributed by atoms with Crippen LogP contribution in [0.5, 0.6) is 0 Å². The van der Waals surface area contributed by atoms with Crippen LogP contribution < -0.4 is 5.32 Å². The highest BCUT2D eigenvalue weighted by atomic mass is 14.8. The van der Waals surface area contributed by atoms with E-state index in [0.717, 1.165) is 25.9 Å². The van der Waals surface area contributed by atoms with Crippen molar-refractivity contribution in [2.24, 2.45) is 0 Å². The molecule has 0 bridgehead atoms. The molecule has 0 saturated heterocycles. The Labute approximate surface area is 93.2 Å². The first kappa shape index (κ1) is 12.0. The molecule has 1 heteroatoms. The molecule has 1 aromatic rings. The molecule has 0 aliphatic carbocycles. The molecule has 82 valence electrons. The molecule has 0 heterocycles. The average Bonchev–Trinajstić information content (AvgIpc) is 2.29. The van der Waals surface area contributed by atoms with Gasteiger partial charge in [0.15, 0.2) is 0 Å². The zero-order valence-corrected chi connectivity index (χ0v) is 9.79. The predicted octanol–water partition coefficient (Wildman–Crippen LogP) is 3.26. The van der Waals surface area contributed by atoms with E-state index >= 15 is 0 Å². The van der Waals surface area contributed by atoms with E-state index < -0.39 is 0 Å². The third kappa shape index (κ3) is 4.80. The van der Waals surface area contributed by atoms with Crippen molar-refractivity contribution in [3.63, 3.8) is 0 Å². The quantitative estimate of drug-likeness (QED) is 0.700. The summed E-state index contributed by atoms with van der Waals surface area (Å²) in [6.45, 7) is 6.45. The minimum Gasteiger partial charge on any atom is -0.317 e. The Morgan fingerprint density at radius 1 is 1.27 bits per heavy atom. The highest BCUT2D eigenvalue weighted by Gasteiger charge is 1.89. The summed E-state index contributed by atoms with van der Waals surface area (Å²) in [4.78, 5) is 0. The van der Waals surface area contributed by atoms with Gasteiger partial charge < -0.3 is 5.32 Å². The minimum absolute atomic E-state index is 1.05. The smallest absolute Gasteiger partial charge is 0.00143 e. The van der Waals surface area contributed by atoms with Crippen molar-refractivity contribution in [1.82, 2.24) is 5.32 Å². The van der Waals surface area contributed by atoms with Gasteiger partial charge in [-0.25, -0.2) is 0 Å². The lowest BCUT2D eigenvalue weighted by Gasteiger charge is -1.99. The van der Waals surface area contributed by atoms with Crippen LogP contribution in [-0.2, 0) is 6.42 Å². The monoisotopic (exact) mass is 203 g/mol. The standard InChI is InChI=1S/C14H21N/c1-3-13-9-7-10-14(12-13)8-5-6-11-15-4-2/h5,7-10,12,15H,3-4,6,11H2,1-2H3/b8-5+. The number of hydrogen-bond acceptors (Lipinski definition) is 1. The molecule has 1 N–H and O–H groups in total.